The maximum Gasteiger partial charge on any atom is 0.229 e. The molecule has 1 fully saturated rings. The molecule has 3 aromatic rings. The quantitative estimate of drug-likeness (QED) is 0.757. The monoisotopic (exact) mass is 376 g/mol. The summed E-state index contributed by atoms with van der Waals surface area (Å²) >= 11 is 0. The molecule has 1 N–H and O–H groups in total. The highest BCUT2D eigenvalue weighted by molar-refractivity contribution is 5.93. The van der Waals surface area contributed by atoms with E-state index in [0.29, 0.717) is 6.54 Å². The summed E-state index contributed by atoms with van der Waals surface area (Å²) in [6.45, 7) is 5.65. The van der Waals surface area contributed by atoms with Crippen LogP contribution in [0.4, 0.5) is 11.5 Å². The number of aryl methyl sites for hydroxylation is 2. The molecule has 144 valence electrons. The average molecular weight is 376 g/mol. The van der Waals surface area contributed by atoms with Crippen molar-refractivity contribution < 1.29 is 4.79 Å². The van der Waals surface area contributed by atoms with Gasteiger partial charge in [-0.1, -0.05) is 6.07 Å². The molecule has 1 atom stereocenters. The van der Waals surface area contributed by atoms with Crippen molar-refractivity contribution in [3.63, 3.8) is 0 Å². The second-order valence-electron chi connectivity index (χ2n) is 7.26. The first-order valence-electron chi connectivity index (χ1n) is 9.55. The molecule has 28 heavy (non-hydrogen) atoms. The van der Waals surface area contributed by atoms with Gasteiger partial charge in [-0.15, -0.1) is 0 Å². The van der Waals surface area contributed by atoms with Crippen molar-refractivity contribution in [2.75, 3.05) is 23.3 Å². The Morgan fingerprint density at radius 2 is 2.00 bits per heavy atom. The van der Waals surface area contributed by atoms with Crippen LogP contribution in [0.1, 0.15) is 24.0 Å². The van der Waals surface area contributed by atoms with Gasteiger partial charge in [-0.3, -0.25) is 4.79 Å². The molecular weight excluding hydrogens is 352 g/mol. The normalized spacial score (nSPS) is 16.8. The first-order valence-corrected chi connectivity index (χ1v) is 9.55. The highest BCUT2D eigenvalue weighted by Crippen LogP contribution is 2.24. The van der Waals surface area contributed by atoms with E-state index >= 15 is 0 Å². The van der Waals surface area contributed by atoms with E-state index in [1.54, 1.807) is 17.2 Å². The summed E-state index contributed by atoms with van der Waals surface area (Å²) in [6, 6.07) is 9.79. The zero-order valence-electron chi connectivity index (χ0n) is 16.2. The third kappa shape index (κ3) is 3.88. The Bertz CT molecular complexity index is 969. The largest absolute Gasteiger partial charge is 0.356 e. The van der Waals surface area contributed by atoms with E-state index in [0.717, 1.165) is 36.7 Å². The number of aromatic nitrogens is 4. The summed E-state index contributed by atoms with van der Waals surface area (Å²) in [5.74, 6) is 1.54. The number of nitrogens with zero attached hydrogens (tertiary/aromatic N) is 5. The lowest BCUT2D eigenvalue weighted by atomic mass is 9.97. The molecular formula is C21H24N6O. The number of hydrogen-bond acceptors (Lipinski definition) is 5. The fourth-order valence-electron chi connectivity index (χ4n) is 3.50. The van der Waals surface area contributed by atoms with Gasteiger partial charge in [-0.25, -0.2) is 14.6 Å². The van der Waals surface area contributed by atoms with E-state index in [2.05, 4.69) is 39.1 Å². The lowest BCUT2D eigenvalue weighted by Crippen LogP contribution is -2.41. The molecule has 0 spiro atoms. The van der Waals surface area contributed by atoms with Gasteiger partial charge < -0.3 is 10.2 Å². The van der Waals surface area contributed by atoms with Gasteiger partial charge in [0.05, 0.1) is 5.92 Å². The minimum atomic E-state index is -0.0709. The number of nitrogens with one attached hydrogen (secondary N) is 1. The Balaban J connectivity index is 1.46. The summed E-state index contributed by atoms with van der Waals surface area (Å²) in [7, 11) is 0. The molecule has 7 heteroatoms. The summed E-state index contributed by atoms with van der Waals surface area (Å²) in [5.41, 5.74) is 3.25. The molecule has 0 aliphatic carbocycles. The minimum absolute atomic E-state index is 0.0642. The van der Waals surface area contributed by atoms with E-state index < -0.39 is 0 Å². The Morgan fingerprint density at radius 1 is 1.14 bits per heavy atom. The number of carbonyl (C=O) groups is 1. The summed E-state index contributed by atoms with van der Waals surface area (Å²) in [5, 5.41) is 7.29. The standard InChI is InChI=1S/C21H24N6O/c1-15-6-7-18(11-16(15)2)25-21(28)17-5-3-9-26(13-17)19-12-20(23-14-22-19)27-10-4-8-24-27/h4,6-8,10-12,14,17H,3,5,9,13H2,1-2H3,(H,25,28). The number of hydrogen-bond donors (Lipinski definition) is 1. The SMILES string of the molecule is Cc1ccc(NC(=O)C2CCCN(c3cc(-n4cccn4)ncn3)C2)cc1C. The molecule has 0 saturated carbocycles. The van der Waals surface area contributed by atoms with Crippen molar-refractivity contribution in [2.24, 2.45) is 5.92 Å². The maximum atomic E-state index is 12.8. The van der Waals surface area contributed by atoms with Crippen molar-refractivity contribution in [2.45, 2.75) is 26.7 Å². The minimum Gasteiger partial charge on any atom is -0.356 e. The van der Waals surface area contributed by atoms with Crippen LogP contribution in [0.25, 0.3) is 5.82 Å². The van der Waals surface area contributed by atoms with E-state index in [1.165, 1.54) is 11.1 Å². The molecule has 0 radical (unpaired) electrons. The predicted octanol–water partition coefficient (Wildman–Crippen LogP) is 3.13. The van der Waals surface area contributed by atoms with Gasteiger partial charge in [0.1, 0.15) is 12.1 Å². The van der Waals surface area contributed by atoms with E-state index in [4.69, 9.17) is 0 Å². The lowest BCUT2D eigenvalue weighted by molar-refractivity contribution is -0.120. The van der Waals surface area contributed by atoms with E-state index in [-0.39, 0.29) is 11.8 Å². The first-order chi connectivity index (χ1) is 13.6. The van der Waals surface area contributed by atoms with E-state index in [1.807, 2.05) is 36.5 Å². The van der Waals surface area contributed by atoms with Crippen LogP contribution in [0, 0.1) is 19.8 Å². The second kappa shape index (κ2) is 7.80. The molecule has 1 aromatic carbocycles. The van der Waals surface area contributed by atoms with Gasteiger partial charge in [-0.05, 0) is 56.0 Å². The van der Waals surface area contributed by atoms with Crippen LogP contribution in [0.15, 0.2) is 49.1 Å². The number of anilines is 2. The second-order valence-corrected chi connectivity index (χ2v) is 7.26. The summed E-state index contributed by atoms with van der Waals surface area (Å²) in [6.07, 6.45) is 6.94. The van der Waals surface area contributed by atoms with Gasteiger partial charge >= 0.3 is 0 Å². The Hall–Kier alpha value is -3.22. The van der Waals surface area contributed by atoms with Gasteiger partial charge in [-0.2, -0.15) is 5.10 Å². The van der Waals surface area contributed by atoms with Crippen LogP contribution >= 0.6 is 0 Å². The lowest BCUT2D eigenvalue weighted by Gasteiger charge is -2.33. The first kappa shape index (κ1) is 18.2. The maximum absolute atomic E-state index is 12.8. The van der Waals surface area contributed by atoms with Crippen LogP contribution in [0.5, 0.6) is 0 Å². The topological polar surface area (TPSA) is 75.9 Å². The molecule has 7 nitrogen and oxygen atoms in total. The van der Waals surface area contributed by atoms with Crippen LogP contribution < -0.4 is 10.2 Å². The highest BCUT2D eigenvalue weighted by atomic mass is 16.1. The molecule has 0 bridgehead atoms. The van der Waals surface area contributed by atoms with Crippen molar-refractivity contribution in [1.82, 2.24) is 19.7 Å². The zero-order valence-corrected chi connectivity index (χ0v) is 16.2. The van der Waals surface area contributed by atoms with Crippen LogP contribution in [0.2, 0.25) is 0 Å². The highest BCUT2D eigenvalue weighted by Gasteiger charge is 2.27. The van der Waals surface area contributed by atoms with Gasteiger partial charge in [0.25, 0.3) is 0 Å². The van der Waals surface area contributed by atoms with Crippen molar-refractivity contribution in [1.29, 1.82) is 0 Å². The molecule has 4 rings (SSSR count). The Kier molecular flexibility index (Phi) is 5.06. The van der Waals surface area contributed by atoms with Crippen LogP contribution in [-0.4, -0.2) is 38.7 Å². The number of rotatable bonds is 4. The summed E-state index contributed by atoms with van der Waals surface area (Å²) in [4.78, 5) is 23.7. The van der Waals surface area contributed by atoms with Crippen molar-refractivity contribution in [3.05, 3.63) is 60.2 Å². The molecule has 2 aromatic heterocycles. The smallest absolute Gasteiger partial charge is 0.229 e. The summed E-state index contributed by atoms with van der Waals surface area (Å²) < 4.78 is 1.71. The van der Waals surface area contributed by atoms with Gasteiger partial charge in [0.15, 0.2) is 5.82 Å². The zero-order chi connectivity index (χ0) is 19.5. The fourth-order valence-corrected chi connectivity index (χ4v) is 3.50. The Morgan fingerprint density at radius 3 is 2.79 bits per heavy atom. The third-order valence-electron chi connectivity index (χ3n) is 5.27. The molecule has 1 unspecified atom stereocenters. The predicted molar refractivity (Wildman–Crippen MR) is 109 cm³/mol. The van der Waals surface area contributed by atoms with Crippen molar-refractivity contribution >= 4 is 17.4 Å². The van der Waals surface area contributed by atoms with E-state index in [9.17, 15) is 4.79 Å². The average Bonchev–Trinajstić information content (AvgIpc) is 3.26. The third-order valence-corrected chi connectivity index (χ3v) is 5.27. The number of benzene rings is 1. The van der Waals surface area contributed by atoms with Gasteiger partial charge in [0, 0.05) is 37.2 Å². The van der Waals surface area contributed by atoms with Crippen molar-refractivity contribution in [3.8, 4) is 5.82 Å². The Labute approximate surface area is 164 Å². The van der Waals surface area contributed by atoms with Crippen LogP contribution in [-0.2, 0) is 4.79 Å². The molecule has 3 heterocycles. The molecule has 1 saturated heterocycles. The number of carbonyl (C=O) groups excluding carboxylic acids is 1. The van der Waals surface area contributed by atoms with Gasteiger partial charge in [0.2, 0.25) is 5.91 Å². The number of amides is 1. The molecule has 1 aliphatic rings. The molecule has 1 aliphatic heterocycles. The van der Waals surface area contributed by atoms with Crippen LogP contribution in [0.3, 0.4) is 0 Å². The fraction of sp³-hybridized carbons (Fsp3) is 0.333. The number of piperidine rings is 1. The molecule has 1 amide bonds.